The molecule has 0 spiro atoms. The highest BCUT2D eigenvalue weighted by Gasteiger charge is 2.24. The number of aromatic nitrogens is 6. The molecule has 5 aromatic rings. The van der Waals surface area contributed by atoms with Crippen LogP contribution in [0, 0.1) is 13.8 Å². The molecule has 0 aliphatic heterocycles. The zero-order valence-corrected chi connectivity index (χ0v) is 15.1. The van der Waals surface area contributed by atoms with Gasteiger partial charge in [0.25, 0.3) is 0 Å². The maximum Gasteiger partial charge on any atom is 0.199 e. The lowest BCUT2D eigenvalue weighted by atomic mass is 10.0. The van der Waals surface area contributed by atoms with E-state index in [2.05, 4.69) is 20.5 Å². The third kappa shape index (κ3) is 2.29. The molecule has 0 atom stereocenters. The fraction of sp³-hybridized carbons (Fsp3) is 0.105. The molecule has 0 radical (unpaired) electrons. The second kappa shape index (κ2) is 6.02. The van der Waals surface area contributed by atoms with Gasteiger partial charge in [-0.1, -0.05) is 23.4 Å². The molecule has 9 heteroatoms. The smallest absolute Gasteiger partial charge is 0.199 e. The van der Waals surface area contributed by atoms with Gasteiger partial charge in [0.1, 0.15) is 11.3 Å². The van der Waals surface area contributed by atoms with Crippen molar-refractivity contribution < 1.29 is 9.15 Å². The fourth-order valence-electron chi connectivity index (χ4n) is 3.42. The van der Waals surface area contributed by atoms with Crippen LogP contribution in [-0.4, -0.2) is 30.0 Å². The molecule has 5 rings (SSSR count). The lowest BCUT2D eigenvalue weighted by Gasteiger charge is -2.10. The maximum absolute atomic E-state index is 5.96. The maximum atomic E-state index is 5.96. The van der Waals surface area contributed by atoms with Gasteiger partial charge in [0.2, 0.25) is 0 Å². The van der Waals surface area contributed by atoms with Crippen molar-refractivity contribution in [3.63, 3.8) is 0 Å². The second-order valence-electron chi connectivity index (χ2n) is 6.36. The van der Waals surface area contributed by atoms with E-state index >= 15 is 0 Å². The van der Waals surface area contributed by atoms with Crippen LogP contribution in [0.4, 0.5) is 5.82 Å². The molecule has 0 aliphatic rings. The minimum Gasteiger partial charge on any atom is -0.379 e. The molecule has 1 aromatic carbocycles. The van der Waals surface area contributed by atoms with Crippen molar-refractivity contribution in [3.05, 3.63) is 54.2 Å². The van der Waals surface area contributed by atoms with Gasteiger partial charge in [-0.3, -0.25) is 9.55 Å². The molecule has 4 aromatic heterocycles. The van der Waals surface area contributed by atoms with E-state index in [9.17, 15) is 0 Å². The topological polar surface area (TPSA) is 122 Å². The molecule has 28 heavy (non-hydrogen) atoms. The van der Waals surface area contributed by atoms with Crippen molar-refractivity contribution in [3.8, 4) is 28.3 Å². The van der Waals surface area contributed by atoms with Gasteiger partial charge in [-0.15, -0.1) is 0 Å². The molecule has 0 saturated carbocycles. The number of nitrogens with two attached hydrogens (primary N) is 1. The van der Waals surface area contributed by atoms with Gasteiger partial charge >= 0.3 is 0 Å². The van der Waals surface area contributed by atoms with Crippen LogP contribution in [0.15, 0.2) is 51.9 Å². The summed E-state index contributed by atoms with van der Waals surface area (Å²) in [6.07, 6.45) is 3.48. The highest BCUT2D eigenvalue weighted by molar-refractivity contribution is 5.96. The van der Waals surface area contributed by atoms with Crippen LogP contribution in [0.3, 0.4) is 0 Å². The average Bonchev–Trinajstić information content (AvgIpc) is 3.39. The Kier molecular flexibility index (Phi) is 3.48. The summed E-state index contributed by atoms with van der Waals surface area (Å²) in [5.74, 6) is 1.39. The van der Waals surface area contributed by atoms with Gasteiger partial charge in [-0.2, -0.15) is 0 Å². The van der Waals surface area contributed by atoms with Crippen molar-refractivity contribution in [2.24, 2.45) is 0 Å². The van der Waals surface area contributed by atoms with Gasteiger partial charge in [-0.05, 0) is 36.3 Å². The number of nitrogens with zero attached hydrogens (tertiary/aromatic N) is 6. The summed E-state index contributed by atoms with van der Waals surface area (Å²) in [5.41, 5.74) is 11.2. The lowest BCUT2D eigenvalue weighted by Crippen LogP contribution is -2.01. The molecule has 0 saturated heterocycles. The van der Waals surface area contributed by atoms with Crippen molar-refractivity contribution in [2.75, 3.05) is 5.73 Å². The van der Waals surface area contributed by atoms with E-state index in [0.29, 0.717) is 22.8 Å². The summed E-state index contributed by atoms with van der Waals surface area (Å²) in [6.45, 7) is 3.77. The predicted molar refractivity (Wildman–Crippen MR) is 102 cm³/mol. The Morgan fingerprint density at radius 1 is 1.00 bits per heavy atom. The van der Waals surface area contributed by atoms with E-state index in [1.165, 1.54) is 0 Å². The van der Waals surface area contributed by atoms with Crippen LogP contribution in [0.1, 0.15) is 11.5 Å². The van der Waals surface area contributed by atoms with Gasteiger partial charge in [0, 0.05) is 17.4 Å². The highest BCUT2D eigenvalue weighted by atomic mass is 16.6. The molecule has 0 bridgehead atoms. The number of nitrogen functional groups attached to an aromatic ring is 1. The van der Waals surface area contributed by atoms with E-state index in [0.717, 1.165) is 28.0 Å². The summed E-state index contributed by atoms with van der Waals surface area (Å²) in [7, 11) is 0. The summed E-state index contributed by atoms with van der Waals surface area (Å²) in [4.78, 5) is 9.10. The quantitative estimate of drug-likeness (QED) is 0.511. The number of benzene rings is 1. The first kappa shape index (κ1) is 16.2. The Hall–Kier alpha value is -4.01. The number of fused-ring (bicyclic) bond motifs is 1. The van der Waals surface area contributed by atoms with Crippen molar-refractivity contribution in [1.29, 1.82) is 0 Å². The molecule has 0 aliphatic carbocycles. The molecule has 0 unspecified atom stereocenters. The first-order valence-electron chi connectivity index (χ1n) is 8.58. The third-order valence-corrected chi connectivity index (χ3v) is 4.60. The Morgan fingerprint density at radius 2 is 1.82 bits per heavy atom. The minimum absolute atomic E-state index is 0.166. The van der Waals surface area contributed by atoms with Gasteiger partial charge < -0.3 is 10.3 Å². The van der Waals surface area contributed by atoms with E-state index in [-0.39, 0.29) is 5.82 Å². The predicted octanol–water partition coefficient (Wildman–Crippen LogP) is 3.32. The SMILES string of the molecule is Cc1noc(C)c1-c1cncc2nc(-c3nonc3N)n(-c3ccccc3)c12. The Bertz CT molecular complexity index is 1280. The molecule has 138 valence electrons. The van der Waals surface area contributed by atoms with E-state index in [4.69, 9.17) is 19.9 Å². The van der Waals surface area contributed by atoms with Crippen LogP contribution in [-0.2, 0) is 0 Å². The number of pyridine rings is 1. The number of rotatable bonds is 3. The van der Waals surface area contributed by atoms with Crippen molar-refractivity contribution in [2.45, 2.75) is 13.8 Å². The van der Waals surface area contributed by atoms with Crippen LogP contribution in [0.25, 0.3) is 39.4 Å². The number of hydrogen-bond donors (Lipinski definition) is 1. The molecule has 9 nitrogen and oxygen atoms in total. The molecule has 2 N–H and O–H groups in total. The Labute approximate surface area is 158 Å². The van der Waals surface area contributed by atoms with Crippen LogP contribution in [0.5, 0.6) is 0 Å². The number of aryl methyl sites for hydroxylation is 2. The summed E-state index contributed by atoms with van der Waals surface area (Å²) < 4.78 is 12.2. The molecule has 0 fully saturated rings. The molecule has 4 heterocycles. The molecular formula is C19H15N7O2. The number of hydrogen-bond acceptors (Lipinski definition) is 8. The van der Waals surface area contributed by atoms with E-state index in [1.807, 2.05) is 48.7 Å². The van der Waals surface area contributed by atoms with Crippen molar-refractivity contribution >= 4 is 16.9 Å². The van der Waals surface area contributed by atoms with Crippen LogP contribution < -0.4 is 5.73 Å². The minimum atomic E-state index is 0.166. The molecular weight excluding hydrogens is 358 g/mol. The summed E-state index contributed by atoms with van der Waals surface area (Å²) in [6, 6.07) is 9.81. The summed E-state index contributed by atoms with van der Waals surface area (Å²) in [5, 5.41) is 11.7. The fourth-order valence-corrected chi connectivity index (χ4v) is 3.42. The Morgan fingerprint density at radius 3 is 2.50 bits per heavy atom. The average molecular weight is 373 g/mol. The number of imidazole rings is 1. The van der Waals surface area contributed by atoms with Crippen LogP contribution >= 0.6 is 0 Å². The normalized spacial score (nSPS) is 11.4. The largest absolute Gasteiger partial charge is 0.379 e. The zero-order valence-electron chi connectivity index (χ0n) is 15.1. The van der Waals surface area contributed by atoms with Crippen molar-refractivity contribution in [1.82, 2.24) is 30.0 Å². The zero-order chi connectivity index (χ0) is 19.3. The first-order chi connectivity index (χ1) is 13.6. The molecule has 0 amide bonds. The van der Waals surface area contributed by atoms with Crippen LogP contribution in [0.2, 0.25) is 0 Å². The number of para-hydroxylation sites is 1. The monoisotopic (exact) mass is 373 g/mol. The lowest BCUT2D eigenvalue weighted by molar-refractivity contribution is 0.310. The highest BCUT2D eigenvalue weighted by Crippen LogP contribution is 2.37. The van der Waals surface area contributed by atoms with Gasteiger partial charge in [0.05, 0.1) is 23.0 Å². The second-order valence-corrected chi connectivity index (χ2v) is 6.36. The van der Waals surface area contributed by atoms with E-state index in [1.54, 1.807) is 12.4 Å². The first-order valence-corrected chi connectivity index (χ1v) is 8.58. The van der Waals surface area contributed by atoms with Gasteiger partial charge in [-0.25, -0.2) is 9.61 Å². The van der Waals surface area contributed by atoms with E-state index < -0.39 is 0 Å². The number of anilines is 1. The van der Waals surface area contributed by atoms with Gasteiger partial charge in [0.15, 0.2) is 17.3 Å². The third-order valence-electron chi connectivity index (χ3n) is 4.60. The standard InChI is InChI=1S/C19H15N7O2/c1-10-15(11(2)27-23-10)13-8-21-9-14-17(13)26(12-6-4-3-5-7-12)19(22-14)16-18(20)25-28-24-16/h3-9H,1-2H3,(H2,20,25). The Balaban J connectivity index is 1.93. The summed E-state index contributed by atoms with van der Waals surface area (Å²) >= 11 is 0.